The van der Waals surface area contributed by atoms with E-state index in [0.717, 1.165) is 16.6 Å². The topological polar surface area (TPSA) is 24.1 Å². The molecule has 0 aliphatic heterocycles. The monoisotopic (exact) mass is 390 g/mol. The van der Waals surface area contributed by atoms with Crippen LogP contribution < -0.4 is 10.6 Å². The Morgan fingerprint density at radius 3 is 2.43 bits per heavy atom. The third-order valence-electron chi connectivity index (χ3n) is 3.93. The second-order valence-corrected chi connectivity index (χ2v) is 7.15. The van der Waals surface area contributed by atoms with Gasteiger partial charge in [-0.05, 0) is 74.3 Å². The standard InChI is InChI=1S/C19H23BrN2S/c1-5-18(16-8-6-12(2)10-13(16)3)22-19(23)21-15-7-9-17(20)14(4)11-15/h6-11,18H,5H2,1-4H3,(H2,21,22,23). The van der Waals surface area contributed by atoms with Gasteiger partial charge in [-0.25, -0.2) is 0 Å². The molecule has 0 spiro atoms. The Labute approximate surface area is 152 Å². The first-order valence-corrected chi connectivity index (χ1v) is 9.01. The predicted octanol–water partition coefficient (Wildman–Crippen LogP) is 5.81. The Hall–Kier alpha value is -1.39. The lowest BCUT2D eigenvalue weighted by molar-refractivity contribution is 0.625. The molecule has 122 valence electrons. The predicted molar refractivity (Wildman–Crippen MR) is 107 cm³/mol. The number of nitrogens with one attached hydrogen (secondary N) is 2. The highest BCUT2D eigenvalue weighted by Crippen LogP contribution is 2.23. The molecule has 0 amide bonds. The molecule has 0 bridgehead atoms. The number of rotatable bonds is 4. The van der Waals surface area contributed by atoms with Gasteiger partial charge >= 0.3 is 0 Å². The van der Waals surface area contributed by atoms with Crippen molar-refractivity contribution in [2.45, 2.75) is 40.2 Å². The van der Waals surface area contributed by atoms with Crippen LogP contribution in [0.2, 0.25) is 0 Å². The number of hydrogen-bond donors (Lipinski definition) is 2. The van der Waals surface area contributed by atoms with Gasteiger partial charge in [0.25, 0.3) is 0 Å². The fraction of sp³-hybridized carbons (Fsp3) is 0.316. The van der Waals surface area contributed by atoms with Crippen molar-refractivity contribution in [1.29, 1.82) is 0 Å². The minimum absolute atomic E-state index is 0.215. The summed E-state index contributed by atoms with van der Waals surface area (Å²) in [5.74, 6) is 0. The van der Waals surface area contributed by atoms with E-state index in [1.54, 1.807) is 0 Å². The fourth-order valence-electron chi connectivity index (χ4n) is 2.66. The Morgan fingerprint density at radius 2 is 1.83 bits per heavy atom. The van der Waals surface area contributed by atoms with Crippen LogP contribution in [0.15, 0.2) is 40.9 Å². The van der Waals surface area contributed by atoms with E-state index in [-0.39, 0.29) is 6.04 Å². The fourth-order valence-corrected chi connectivity index (χ4v) is 3.17. The molecule has 4 heteroatoms. The molecule has 1 unspecified atom stereocenters. The zero-order chi connectivity index (χ0) is 17.0. The summed E-state index contributed by atoms with van der Waals surface area (Å²) in [4.78, 5) is 0. The second kappa shape index (κ2) is 7.93. The quantitative estimate of drug-likeness (QED) is 0.643. The summed E-state index contributed by atoms with van der Waals surface area (Å²) in [5, 5.41) is 7.36. The molecule has 2 nitrogen and oxygen atoms in total. The highest BCUT2D eigenvalue weighted by molar-refractivity contribution is 9.10. The smallest absolute Gasteiger partial charge is 0.171 e. The second-order valence-electron chi connectivity index (χ2n) is 5.88. The summed E-state index contributed by atoms with van der Waals surface area (Å²) in [6.07, 6.45) is 0.977. The summed E-state index contributed by atoms with van der Waals surface area (Å²) in [6, 6.07) is 12.9. The third kappa shape index (κ3) is 4.79. The molecule has 1 atom stereocenters. The zero-order valence-corrected chi connectivity index (χ0v) is 16.4. The Kier molecular flexibility index (Phi) is 6.19. The van der Waals surface area contributed by atoms with Crippen LogP contribution in [-0.2, 0) is 0 Å². The van der Waals surface area contributed by atoms with Crippen molar-refractivity contribution in [3.63, 3.8) is 0 Å². The minimum atomic E-state index is 0.215. The first-order valence-electron chi connectivity index (χ1n) is 7.81. The molecule has 2 aromatic carbocycles. The normalized spacial score (nSPS) is 11.9. The van der Waals surface area contributed by atoms with Crippen molar-refractivity contribution < 1.29 is 0 Å². The Balaban J connectivity index is 2.08. The highest BCUT2D eigenvalue weighted by atomic mass is 79.9. The van der Waals surface area contributed by atoms with Gasteiger partial charge in [-0.3, -0.25) is 0 Å². The van der Waals surface area contributed by atoms with E-state index in [1.807, 2.05) is 12.1 Å². The lowest BCUT2D eigenvalue weighted by atomic mass is 9.98. The summed E-state index contributed by atoms with van der Waals surface area (Å²) in [6.45, 7) is 8.51. The van der Waals surface area contributed by atoms with E-state index in [1.165, 1.54) is 22.3 Å². The minimum Gasteiger partial charge on any atom is -0.356 e. The van der Waals surface area contributed by atoms with E-state index in [4.69, 9.17) is 12.2 Å². The molecule has 0 aliphatic carbocycles. The largest absolute Gasteiger partial charge is 0.356 e. The number of halogens is 1. The van der Waals surface area contributed by atoms with Gasteiger partial charge in [0.15, 0.2) is 5.11 Å². The maximum absolute atomic E-state index is 5.49. The van der Waals surface area contributed by atoms with E-state index >= 15 is 0 Å². The van der Waals surface area contributed by atoms with Gasteiger partial charge in [-0.2, -0.15) is 0 Å². The van der Waals surface area contributed by atoms with Crippen LogP contribution in [0.4, 0.5) is 5.69 Å². The summed E-state index contributed by atoms with van der Waals surface area (Å²) in [7, 11) is 0. The van der Waals surface area contributed by atoms with Gasteiger partial charge in [0.1, 0.15) is 0 Å². The molecule has 0 radical (unpaired) electrons. The van der Waals surface area contributed by atoms with Crippen LogP contribution in [0.5, 0.6) is 0 Å². The molecular weight excluding hydrogens is 368 g/mol. The molecule has 0 aliphatic rings. The van der Waals surface area contributed by atoms with Gasteiger partial charge in [-0.1, -0.05) is 46.6 Å². The lowest BCUT2D eigenvalue weighted by Gasteiger charge is -2.22. The van der Waals surface area contributed by atoms with Gasteiger partial charge in [0.05, 0.1) is 6.04 Å². The van der Waals surface area contributed by atoms with Crippen LogP contribution in [0.1, 0.15) is 41.6 Å². The van der Waals surface area contributed by atoms with Crippen LogP contribution in [0, 0.1) is 20.8 Å². The van der Waals surface area contributed by atoms with Crippen molar-refractivity contribution in [3.8, 4) is 0 Å². The first kappa shape index (κ1) is 18.0. The highest BCUT2D eigenvalue weighted by Gasteiger charge is 2.13. The maximum atomic E-state index is 5.49. The van der Waals surface area contributed by atoms with E-state index < -0.39 is 0 Å². The Morgan fingerprint density at radius 1 is 1.09 bits per heavy atom. The molecule has 0 saturated heterocycles. The first-order chi connectivity index (χ1) is 10.9. The van der Waals surface area contributed by atoms with Crippen molar-refractivity contribution in [2.24, 2.45) is 0 Å². The van der Waals surface area contributed by atoms with Crippen LogP contribution >= 0.6 is 28.1 Å². The molecule has 0 saturated carbocycles. The average molecular weight is 391 g/mol. The van der Waals surface area contributed by atoms with Gasteiger partial charge < -0.3 is 10.6 Å². The van der Waals surface area contributed by atoms with Crippen molar-refractivity contribution in [1.82, 2.24) is 5.32 Å². The van der Waals surface area contributed by atoms with E-state index in [0.29, 0.717) is 5.11 Å². The lowest BCUT2D eigenvalue weighted by Crippen LogP contribution is -2.32. The summed E-state index contributed by atoms with van der Waals surface area (Å²) < 4.78 is 1.10. The van der Waals surface area contributed by atoms with E-state index in [2.05, 4.69) is 78.5 Å². The molecular formula is C19H23BrN2S. The molecule has 0 heterocycles. The van der Waals surface area contributed by atoms with Gasteiger partial charge in [0.2, 0.25) is 0 Å². The molecule has 2 aromatic rings. The van der Waals surface area contributed by atoms with E-state index in [9.17, 15) is 0 Å². The summed E-state index contributed by atoms with van der Waals surface area (Å²) >= 11 is 9.00. The maximum Gasteiger partial charge on any atom is 0.171 e. The molecule has 23 heavy (non-hydrogen) atoms. The van der Waals surface area contributed by atoms with Gasteiger partial charge in [0, 0.05) is 10.2 Å². The number of benzene rings is 2. The van der Waals surface area contributed by atoms with Crippen molar-refractivity contribution in [2.75, 3.05) is 5.32 Å². The third-order valence-corrected chi connectivity index (χ3v) is 5.04. The van der Waals surface area contributed by atoms with Crippen LogP contribution in [0.3, 0.4) is 0 Å². The molecule has 0 aromatic heterocycles. The number of anilines is 1. The molecule has 0 fully saturated rings. The zero-order valence-electron chi connectivity index (χ0n) is 14.0. The number of thiocarbonyl (C=S) groups is 1. The number of aryl methyl sites for hydroxylation is 3. The molecule has 2 rings (SSSR count). The number of hydrogen-bond acceptors (Lipinski definition) is 1. The average Bonchev–Trinajstić information content (AvgIpc) is 2.49. The summed E-state index contributed by atoms with van der Waals surface area (Å²) in [5.41, 5.74) is 6.06. The van der Waals surface area contributed by atoms with Crippen molar-refractivity contribution in [3.05, 3.63) is 63.1 Å². The van der Waals surface area contributed by atoms with Gasteiger partial charge in [-0.15, -0.1) is 0 Å². The Bertz CT molecular complexity index is 713. The van der Waals surface area contributed by atoms with Crippen LogP contribution in [0.25, 0.3) is 0 Å². The SMILES string of the molecule is CCC(NC(=S)Nc1ccc(Br)c(C)c1)c1ccc(C)cc1C. The molecule has 2 N–H and O–H groups in total. The van der Waals surface area contributed by atoms with Crippen molar-refractivity contribution >= 4 is 38.9 Å². The van der Waals surface area contributed by atoms with Crippen LogP contribution in [-0.4, -0.2) is 5.11 Å².